The fourth-order valence-corrected chi connectivity index (χ4v) is 2.72. The maximum Gasteiger partial charge on any atom is 0.279 e. The van der Waals surface area contributed by atoms with Crippen LogP contribution in [0.4, 0.5) is 4.39 Å². The van der Waals surface area contributed by atoms with Crippen LogP contribution >= 0.6 is 0 Å². The molecule has 0 unspecified atom stereocenters. The monoisotopic (exact) mass is 390 g/mol. The first-order chi connectivity index (χ1) is 13.2. The summed E-state index contributed by atoms with van der Waals surface area (Å²) < 4.78 is 20.2. The number of amides is 2. The third-order valence-electron chi connectivity index (χ3n) is 4.23. The van der Waals surface area contributed by atoms with Gasteiger partial charge in [-0.1, -0.05) is 13.8 Å². The number of carbonyl (C=O) groups excluding carboxylic acids is 2. The second-order valence-corrected chi connectivity index (χ2v) is 7.15. The summed E-state index contributed by atoms with van der Waals surface area (Å²) >= 11 is 0. The van der Waals surface area contributed by atoms with E-state index in [2.05, 4.69) is 29.8 Å². The number of ether oxygens (including phenoxy) is 1. The van der Waals surface area contributed by atoms with E-state index in [0.29, 0.717) is 11.7 Å². The molecule has 1 heterocycles. The summed E-state index contributed by atoms with van der Waals surface area (Å²) in [7, 11) is 0. The molecule has 152 valence electrons. The number of hydrogen-bond acceptors (Lipinski definition) is 4. The highest BCUT2D eigenvalue weighted by molar-refractivity contribution is 5.85. The largest absolute Gasteiger partial charge is 0.481 e. The van der Waals surface area contributed by atoms with E-state index in [1.807, 2.05) is 18.5 Å². The van der Waals surface area contributed by atoms with Crippen molar-refractivity contribution >= 4 is 11.8 Å². The molecule has 0 aliphatic heterocycles. The normalized spacial score (nSPS) is 12.0. The zero-order valence-electron chi connectivity index (χ0n) is 16.9. The van der Waals surface area contributed by atoms with E-state index in [-0.39, 0.29) is 18.1 Å². The lowest BCUT2D eigenvalue weighted by molar-refractivity contribution is -0.132. The van der Waals surface area contributed by atoms with E-state index in [0.717, 1.165) is 23.5 Å². The number of nitrogens with one attached hydrogen (secondary N) is 2. The Balaban J connectivity index is 1.87. The van der Waals surface area contributed by atoms with E-state index in [1.165, 1.54) is 31.2 Å². The Labute approximate surface area is 164 Å². The third kappa shape index (κ3) is 5.80. The number of aryl methyl sites for hydroxylation is 1. The van der Waals surface area contributed by atoms with Gasteiger partial charge in [0.15, 0.2) is 6.10 Å². The molecule has 7 nitrogen and oxygen atoms in total. The molecule has 0 saturated heterocycles. The van der Waals surface area contributed by atoms with Gasteiger partial charge >= 0.3 is 0 Å². The van der Waals surface area contributed by atoms with Gasteiger partial charge in [0.25, 0.3) is 5.91 Å². The number of halogens is 1. The van der Waals surface area contributed by atoms with Crippen molar-refractivity contribution in [2.24, 2.45) is 5.92 Å². The molecule has 0 aliphatic rings. The Morgan fingerprint density at radius 1 is 1.14 bits per heavy atom. The summed E-state index contributed by atoms with van der Waals surface area (Å²) in [6, 6.07) is 5.34. The lowest BCUT2D eigenvalue weighted by Crippen LogP contribution is -2.47. The minimum Gasteiger partial charge on any atom is -0.481 e. The van der Waals surface area contributed by atoms with Crippen molar-refractivity contribution in [3.8, 4) is 5.75 Å². The predicted octanol–water partition coefficient (Wildman–Crippen LogP) is 2.45. The Morgan fingerprint density at radius 3 is 2.39 bits per heavy atom. The molecule has 2 aromatic rings. The van der Waals surface area contributed by atoms with Gasteiger partial charge in [-0.25, -0.2) is 4.39 Å². The summed E-state index contributed by atoms with van der Waals surface area (Å²) in [6.07, 6.45) is -0.744. The lowest BCUT2D eigenvalue weighted by Gasteiger charge is -2.15. The molecule has 1 aromatic heterocycles. The summed E-state index contributed by atoms with van der Waals surface area (Å²) in [5, 5.41) is 4.48. The van der Waals surface area contributed by atoms with Crippen LogP contribution in [0.15, 0.2) is 24.3 Å². The van der Waals surface area contributed by atoms with Gasteiger partial charge in [-0.05, 0) is 51.0 Å². The first kappa shape index (κ1) is 21.4. The highest BCUT2D eigenvalue weighted by atomic mass is 19.1. The number of rotatable bonds is 7. The molecule has 2 rings (SSSR count). The zero-order valence-corrected chi connectivity index (χ0v) is 16.9. The molecular formula is C20H27FN4O3. The fourth-order valence-electron chi connectivity index (χ4n) is 2.72. The Bertz CT molecular complexity index is 831. The average molecular weight is 390 g/mol. The topological polar surface area (TPSA) is 85.3 Å². The van der Waals surface area contributed by atoms with E-state index in [1.54, 1.807) is 0 Å². The number of nitrogens with zero attached hydrogens (tertiary/aromatic N) is 2. The van der Waals surface area contributed by atoms with Crippen molar-refractivity contribution in [2.75, 3.05) is 0 Å². The summed E-state index contributed by atoms with van der Waals surface area (Å²) in [5.74, 6) is -0.445. The maximum absolute atomic E-state index is 12.9. The molecule has 1 aromatic carbocycles. The fraction of sp³-hybridized carbons (Fsp3) is 0.450. The molecule has 0 spiro atoms. The Hall–Kier alpha value is -2.90. The Morgan fingerprint density at radius 2 is 1.79 bits per heavy atom. The molecule has 0 saturated carbocycles. The van der Waals surface area contributed by atoms with Gasteiger partial charge in [-0.3, -0.25) is 25.1 Å². The van der Waals surface area contributed by atoms with Crippen molar-refractivity contribution < 1.29 is 18.7 Å². The van der Waals surface area contributed by atoms with E-state index < -0.39 is 12.0 Å². The third-order valence-corrected chi connectivity index (χ3v) is 4.23. The number of carbonyl (C=O) groups is 2. The quantitative estimate of drug-likeness (QED) is 0.711. The molecule has 0 radical (unpaired) electrons. The van der Waals surface area contributed by atoms with Crippen LogP contribution in [-0.4, -0.2) is 27.7 Å². The standard InChI is InChI=1S/C20H27FN4O3/c1-12(2)11-25-14(4)18(13(3)24-25)10-19(26)22-23-20(27)15(5)28-17-8-6-16(21)7-9-17/h6-9,12,15H,10-11H2,1-5H3,(H,22,26)(H,23,27)/t15-/m0/s1. The SMILES string of the molecule is Cc1nn(CC(C)C)c(C)c1CC(=O)NNC(=O)[C@H](C)Oc1ccc(F)cc1. The van der Waals surface area contributed by atoms with Gasteiger partial charge in [0, 0.05) is 17.8 Å². The van der Waals surface area contributed by atoms with Crippen LogP contribution in [-0.2, 0) is 22.6 Å². The first-order valence-corrected chi connectivity index (χ1v) is 9.21. The van der Waals surface area contributed by atoms with Crippen molar-refractivity contribution in [3.05, 3.63) is 47.0 Å². The number of hydrazine groups is 1. The second kappa shape index (κ2) is 9.34. The summed E-state index contributed by atoms with van der Waals surface area (Å²) in [4.78, 5) is 24.3. The lowest BCUT2D eigenvalue weighted by atomic mass is 10.1. The van der Waals surface area contributed by atoms with Crippen molar-refractivity contribution in [1.82, 2.24) is 20.6 Å². The van der Waals surface area contributed by atoms with Crippen LogP contribution in [0.1, 0.15) is 37.7 Å². The molecule has 8 heteroatoms. The maximum atomic E-state index is 12.9. The number of benzene rings is 1. The minimum atomic E-state index is -0.858. The van der Waals surface area contributed by atoms with Crippen molar-refractivity contribution in [3.63, 3.8) is 0 Å². The van der Waals surface area contributed by atoms with Crippen LogP contribution in [0.2, 0.25) is 0 Å². The van der Waals surface area contributed by atoms with Crippen LogP contribution in [0.3, 0.4) is 0 Å². The van der Waals surface area contributed by atoms with Gasteiger partial charge in [-0.15, -0.1) is 0 Å². The Kier molecular flexibility index (Phi) is 7.14. The van der Waals surface area contributed by atoms with E-state index >= 15 is 0 Å². The van der Waals surface area contributed by atoms with Crippen molar-refractivity contribution in [2.45, 2.75) is 53.7 Å². The predicted molar refractivity (Wildman–Crippen MR) is 103 cm³/mol. The molecule has 0 aliphatic carbocycles. The minimum absolute atomic E-state index is 0.114. The molecule has 0 bridgehead atoms. The molecule has 0 fully saturated rings. The van der Waals surface area contributed by atoms with Gasteiger partial charge in [0.1, 0.15) is 11.6 Å². The molecule has 1 atom stereocenters. The zero-order chi connectivity index (χ0) is 20.8. The number of hydrogen-bond donors (Lipinski definition) is 2. The van der Waals surface area contributed by atoms with Gasteiger partial charge < -0.3 is 4.74 Å². The van der Waals surface area contributed by atoms with Crippen LogP contribution in [0.5, 0.6) is 5.75 Å². The van der Waals surface area contributed by atoms with Gasteiger partial charge in [0.2, 0.25) is 5.91 Å². The highest BCUT2D eigenvalue weighted by Gasteiger charge is 2.18. The average Bonchev–Trinajstić information content (AvgIpc) is 2.88. The molecular weight excluding hydrogens is 363 g/mol. The van der Waals surface area contributed by atoms with E-state index in [4.69, 9.17) is 4.74 Å². The van der Waals surface area contributed by atoms with E-state index in [9.17, 15) is 14.0 Å². The molecule has 2 N–H and O–H groups in total. The summed E-state index contributed by atoms with van der Waals surface area (Å²) in [6.45, 7) is 10.3. The van der Waals surface area contributed by atoms with Gasteiger partial charge in [-0.2, -0.15) is 5.10 Å². The highest BCUT2D eigenvalue weighted by Crippen LogP contribution is 2.15. The molecule has 2 amide bonds. The first-order valence-electron chi connectivity index (χ1n) is 9.21. The summed E-state index contributed by atoms with van der Waals surface area (Å²) in [5.41, 5.74) is 7.34. The van der Waals surface area contributed by atoms with Crippen LogP contribution in [0, 0.1) is 25.6 Å². The van der Waals surface area contributed by atoms with Crippen molar-refractivity contribution in [1.29, 1.82) is 0 Å². The van der Waals surface area contributed by atoms with Crippen LogP contribution < -0.4 is 15.6 Å². The van der Waals surface area contributed by atoms with Gasteiger partial charge in [0.05, 0.1) is 12.1 Å². The second-order valence-electron chi connectivity index (χ2n) is 7.15. The smallest absolute Gasteiger partial charge is 0.279 e. The van der Waals surface area contributed by atoms with Crippen LogP contribution in [0.25, 0.3) is 0 Å². The number of aromatic nitrogens is 2. The molecule has 28 heavy (non-hydrogen) atoms.